The zero-order valence-electron chi connectivity index (χ0n) is 13.9. The van der Waals surface area contributed by atoms with Crippen LogP contribution in [0.15, 0.2) is 10.6 Å². The monoisotopic (exact) mass is 293 g/mol. The Morgan fingerprint density at radius 3 is 2.67 bits per heavy atom. The topological polar surface area (TPSA) is 41.3 Å². The van der Waals surface area contributed by atoms with Crippen LogP contribution in [-0.4, -0.2) is 29.7 Å². The fraction of sp³-hybridized carbons (Fsp3) is 0.824. The fourth-order valence-electron chi connectivity index (χ4n) is 3.08. The van der Waals surface area contributed by atoms with Gasteiger partial charge >= 0.3 is 0 Å². The van der Waals surface area contributed by atoms with E-state index in [1.54, 1.807) is 0 Å². The number of hydrogen-bond donors (Lipinski definition) is 1. The molecule has 2 rings (SSSR count). The van der Waals surface area contributed by atoms with Crippen LogP contribution in [0, 0.1) is 5.92 Å². The standard InChI is InChI=1S/C17H31N3O/c1-14(2)11-18-12-15-10-17(21-19-15)13-20(3)16-8-6-4-5-7-9-16/h10,14,16,18H,4-9,11-13H2,1-3H3. The van der Waals surface area contributed by atoms with Crippen molar-refractivity contribution in [2.24, 2.45) is 5.92 Å². The number of nitrogens with one attached hydrogen (secondary N) is 1. The second-order valence-corrected chi connectivity index (χ2v) is 6.87. The first-order valence-corrected chi connectivity index (χ1v) is 8.50. The van der Waals surface area contributed by atoms with Gasteiger partial charge in [0, 0.05) is 18.7 Å². The van der Waals surface area contributed by atoms with Crippen LogP contribution in [-0.2, 0) is 13.1 Å². The van der Waals surface area contributed by atoms with Crippen molar-refractivity contribution in [3.05, 3.63) is 17.5 Å². The molecular weight excluding hydrogens is 262 g/mol. The molecule has 1 aromatic rings. The Hall–Kier alpha value is -0.870. The van der Waals surface area contributed by atoms with Crippen molar-refractivity contribution in [2.75, 3.05) is 13.6 Å². The first kappa shape index (κ1) is 16.5. The average Bonchev–Trinajstić information content (AvgIpc) is 2.72. The van der Waals surface area contributed by atoms with Crippen LogP contribution in [0.1, 0.15) is 63.8 Å². The maximum atomic E-state index is 5.48. The van der Waals surface area contributed by atoms with Crippen molar-refractivity contribution in [1.29, 1.82) is 0 Å². The lowest BCUT2D eigenvalue weighted by molar-refractivity contribution is 0.190. The quantitative estimate of drug-likeness (QED) is 0.780. The molecule has 0 saturated heterocycles. The Labute approximate surface area is 129 Å². The van der Waals surface area contributed by atoms with Gasteiger partial charge in [-0.3, -0.25) is 4.90 Å². The van der Waals surface area contributed by atoms with Gasteiger partial charge in [-0.25, -0.2) is 0 Å². The van der Waals surface area contributed by atoms with Gasteiger partial charge in [0.15, 0.2) is 5.76 Å². The molecule has 1 saturated carbocycles. The molecule has 120 valence electrons. The molecule has 0 unspecified atom stereocenters. The van der Waals surface area contributed by atoms with Gasteiger partial charge in [0.1, 0.15) is 0 Å². The highest BCUT2D eigenvalue weighted by molar-refractivity contribution is 5.05. The number of nitrogens with zero attached hydrogens (tertiary/aromatic N) is 2. The highest BCUT2D eigenvalue weighted by Gasteiger charge is 2.18. The summed E-state index contributed by atoms with van der Waals surface area (Å²) in [6, 6.07) is 2.81. The van der Waals surface area contributed by atoms with Crippen molar-refractivity contribution in [1.82, 2.24) is 15.4 Å². The van der Waals surface area contributed by atoms with E-state index in [9.17, 15) is 0 Å². The van der Waals surface area contributed by atoms with Gasteiger partial charge in [-0.2, -0.15) is 0 Å². The largest absolute Gasteiger partial charge is 0.360 e. The molecule has 0 atom stereocenters. The molecule has 0 bridgehead atoms. The first-order valence-electron chi connectivity index (χ1n) is 8.50. The summed E-state index contributed by atoms with van der Waals surface area (Å²) in [5, 5.41) is 7.57. The molecule has 1 aliphatic rings. The Morgan fingerprint density at radius 1 is 1.29 bits per heavy atom. The third-order valence-corrected chi connectivity index (χ3v) is 4.32. The van der Waals surface area contributed by atoms with Gasteiger partial charge in [-0.1, -0.05) is 44.7 Å². The smallest absolute Gasteiger partial charge is 0.151 e. The number of hydrogen-bond acceptors (Lipinski definition) is 4. The van der Waals surface area contributed by atoms with Gasteiger partial charge < -0.3 is 9.84 Å². The second-order valence-electron chi connectivity index (χ2n) is 6.87. The molecule has 0 radical (unpaired) electrons. The molecule has 0 amide bonds. The maximum Gasteiger partial charge on any atom is 0.151 e. The van der Waals surface area contributed by atoms with Crippen molar-refractivity contribution >= 4 is 0 Å². The molecule has 1 fully saturated rings. The highest BCUT2D eigenvalue weighted by atomic mass is 16.5. The van der Waals surface area contributed by atoms with Crippen molar-refractivity contribution < 1.29 is 4.52 Å². The molecule has 1 aromatic heterocycles. The number of rotatable bonds is 7. The minimum Gasteiger partial charge on any atom is -0.360 e. The Morgan fingerprint density at radius 2 is 2.00 bits per heavy atom. The van der Waals surface area contributed by atoms with E-state index < -0.39 is 0 Å². The minimum absolute atomic E-state index is 0.665. The molecular formula is C17H31N3O. The van der Waals surface area contributed by atoms with E-state index in [0.29, 0.717) is 12.0 Å². The summed E-state index contributed by atoms with van der Waals surface area (Å²) in [6.45, 7) is 7.12. The molecule has 0 aromatic carbocycles. The van der Waals surface area contributed by atoms with Crippen LogP contribution < -0.4 is 5.32 Å². The van der Waals surface area contributed by atoms with E-state index >= 15 is 0 Å². The van der Waals surface area contributed by atoms with Gasteiger partial charge in [0.2, 0.25) is 0 Å². The van der Waals surface area contributed by atoms with E-state index in [1.807, 2.05) is 0 Å². The molecule has 21 heavy (non-hydrogen) atoms. The molecule has 0 spiro atoms. The Balaban J connectivity index is 1.78. The van der Waals surface area contributed by atoms with E-state index in [4.69, 9.17) is 4.52 Å². The summed E-state index contributed by atoms with van der Waals surface area (Å²) in [5.41, 5.74) is 1.01. The average molecular weight is 293 g/mol. The fourth-order valence-corrected chi connectivity index (χ4v) is 3.08. The van der Waals surface area contributed by atoms with Crippen molar-refractivity contribution in [2.45, 2.75) is 71.5 Å². The Bertz CT molecular complexity index is 394. The molecule has 1 heterocycles. The van der Waals surface area contributed by atoms with Gasteiger partial charge in [0.25, 0.3) is 0 Å². The normalized spacial score (nSPS) is 17.6. The molecule has 1 aliphatic carbocycles. The van der Waals surface area contributed by atoms with Crippen molar-refractivity contribution in [3.8, 4) is 0 Å². The van der Waals surface area contributed by atoms with E-state index in [-0.39, 0.29) is 0 Å². The van der Waals surface area contributed by atoms with Crippen LogP contribution in [0.25, 0.3) is 0 Å². The van der Waals surface area contributed by atoms with Crippen LogP contribution in [0.2, 0.25) is 0 Å². The van der Waals surface area contributed by atoms with E-state index in [1.165, 1.54) is 38.5 Å². The lowest BCUT2D eigenvalue weighted by Crippen LogP contribution is -2.30. The highest BCUT2D eigenvalue weighted by Crippen LogP contribution is 2.22. The second kappa shape index (κ2) is 8.54. The lowest BCUT2D eigenvalue weighted by atomic mass is 10.1. The maximum absolute atomic E-state index is 5.48. The first-order chi connectivity index (χ1) is 10.1. The van der Waals surface area contributed by atoms with Crippen LogP contribution in [0.3, 0.4) is 0 Å². The van der Waals surface area contributed by atoms with E-state index in [2.05, 4.69) is 42.3 Å². The predicted octanol–water partition coefficient (Wildman–Crippen LogP) is 3.57. The third kappa shape index (κ3) is 5.79. The van der Waals surface area contributed by atoms with Crippen LogP contribution >= 0.6 is 0 Å². The molecule has 1 N–H and O–H groups in total. The zero-order valence-corrected chi connectivity index (χ0v) is 13.9. The summed E-state index contributed by atoms with van der Waals surface area (Å²) in [5.74, 6) is 1.65. The number of aromatic nitrogens is 1. The third-order valence-electron chi connectivity index (χ3n) is 4.32. The van der Waals surface area contributed by atoms with Crippen LogP contribution in [0.5, 0.6) is 0 Å². The summed E-state index contributed by atoms with van der Waals surface area (Å²) in [6.07, 6.45) is 8.20. The summed E-state index contributed by atoms with van der Waals surface area (Å²) in [4.78, 5) is 2.44. The summed E-state index contributed by atoms with van der Waals surface area (Å²) >= 11 is 0. The zero-order chi connectivity index (χ0) is 15.1. The van der Waals surface area contributed by atoms with Gasteiger partial charge in [0.05, 0.1) is 12.2 Å². The predicted molar refractivity (Wildman–Crippen MR) is 86.0 cm³/mol. The summed E-state index contributed by atoms with van der Waals surface area (Å²) < 4.78 is 5.48. The summed E-state index contributed by atoms with van der Waals surface area (Å²) in [7, 11) is 2.22. The Kier molecular flexibility index (Phi) is 6.71. The lowest BCUT2D eigenvalue weighted by Gasteiger charge is -2.25. The van der Waals surface area contributed by atoms with E-state index in [0.717, 1.165) is 31.1 Å². The SMILES string of the molecule is CC(C)CNCc1cc(CN(C)C2CCCCCC2)on1. The molecule has 4 nitrogen and oxygen atoms in total. The van der Waals surface area contributed by atoms with Gasteiger partial charge in [-0.15, -0.1) is 0 Å². The van der Waals surface area contributed by atoms with Crippen LogP contribution in [0.4, 0.5) is 0 Å². The minimum atomic E-state index is 0.665. The van der Waals surface area contributed by atoms with Crippen molar-refractivity contribution in [3.63, 3.8) is 0 Å². The van der Waals surface area contributed by atoms with Gasteiger partial charge in [-0.05, 0) is 32.4 Å². The molecule has 4 heteroatoms. The molecule has 0 aliphatic heterocycles.